The Hall–Kier alpha value is -3.39. The van der Waals surface area contributed by atoms with Gasteiger partial charge < -0.3 is 19.9 Å². The highest BCUT2D eigenvalue weighted by Crippen LogP contribution is 2.44. The molecule has 2 heterocycles. The summed E-state index contributed by atoms with van der Waals surface area (Å²) in [5.74, 6) is -0.203. The maximum Gasteiger partial charge on any atom is 0.341 e. The lowest BCUT2D eigenvalue weighted by atomic mass is 9.76. The van der Waals surface area contributed by atoms with Crippen molar-refractivity contribution in [2.24, 2.45) is 16.9 Å². The van der Waals surface area contributed by atoms with Gasteiger partial charge in [-0.1, -0.05) is 36.4 Å². The number of carbonyl (C=O) groups is 2. The molecular formula is C23H25N3O5. The molecule has 2 amide bonds. The third-order valence-corrected chi connectivity index (χ3v) is 5.71. The molecule has 2 aliphatic rings. The molecule has 2 aliphatic heterocycles. The van der Waals surface area contributed by atoms with Gasteiger partial charge in [0.1, 0.15) is 5.75 Å². The Kier molecular flexibility index (Phi) is 6.47. The molecule has 31 heavy (non-hydrogen) atoms. The molecule has 2 bridgehead atoms. The number of anilines is 1. The maximum absolute atomic E-state index is 12.1. The van der Waals surface area contributed by atoms with Crippen LogP contribution in [0.3, 0.4) is 0 Å². The van der Waals surface area contributed by atoms with Crippen LogP contribution in [-0.2, 0) is 16.0 Å². The minimum atomic E-state index is -1.01. The van der Waals surface area contributed by atoms with Gasteiger partial charge in [-0.15, -0.1) is 0 Å². The molecule has 0 unspecified atom stereocenters. The first-order valence-corrected chi connectivity index (χ1v) is 10.3. The summed E-state index contributed by atoms with van der Waals surface area (Å²) in [5, 5.41) is 15.8. The minimum absolute atomic E-state index is 0.0586. The van der Waals surface area contributed by atoms with E-state index in [2.05, 4.69) is 15.8 Å². The third kappa shape index (κ3) is 5.21. The summed E-state index contributed by atoms with van der Waals surface area (Å²) in [6, 6.07) is 16.2. The van der Waals surface area contributed by atoms with Crippen molar-refractivity contribution in [1.82, 2.24) is 5.43 Å². The number of carboxylic acid groups (broad SMARTS) is 1. The van der Waals surface area contributed by atoms with Gasteiger partial charge >= 0.3 is 12.0 Å². The molecule has 2 saturated heterocycles. The summed E-state index contributed by atoms with van der Waals surface area (Å²) in [6.07, 6.45) is 4.59. The van der Waals surface area contributed by atoms with Crippen molar-refractivity contribution in [2.45, 2.75) is 31.5 Å². The number of hydrogen-bond donors (Lipinski definition) is 3. The third-order valence-electron chi connectivity index (χ3n) is 5.71. The van der Waals surface area contributed by atoms with Gasteiger partial charge in [-0.2, -0.15) is 5.10 Å². The lowest BCUT2D eigenvalue weighted by Crippen LogP contribution is -2.31. The molecule has 4 rings (SSSR count). The van der Waals surface area contributed by atoms with Crippen molar-refractivity contribution >= 4 is 23.9 Å². The Bertz CT molecular complexity index is 949. The molecule has 0 spiro atoms. The average Bonchev–Trinajstić information content (AvgIpc) is 3.36. The average molecular weight is 423 g/mol. The zero-order chi connectivity index (χ0) is 21.6. The van der Waals surface area contributed by atoms with Crippen LogP contribution in [0.25, 0.3) is 0 Å². The smallest absolute Gasteiger partial charge is 0.341 e. The fourth-order valence-electron chi connectivity index (χ4n) is 4.35. The quantitative estimate of drug-likeness (QED) is 0.446. The van der Waals surface area contributed by atoms with Gasteiger partial charge in [-0.25, -0.2) is 15.0 Å². The number of hydrazone groups is 1. The Morgan fingerprint density at radius 2 is 1.84 bits per heavy atom. The molecule has 8 heteroatoms. The number of para-hydroxylation sites is 2. The summed E-state index contributed by atoms with van der Waals surface area (Å²) >= 11 is 0. The topological polar surface area (TPSA) is 109 Å². The van der Waals surface area contributed by atoms with Crippen molar-refractivity contribution in [3.63, 3.8) is 0 Å². The van der Waals surface area contributed by atoms with Crippen LogP contribution in [-0.4, -0.2) is 42.1 Å². The molecule has 2 aromatic carbocycles. The van der Waals surface area contributed by atoms with Gasteiger partial charge in [0, 0.05) is 17.8 Å². The highest BCUT2D eigenvalue weighted by Gasteiger charge is 2.48. The van der Waals surface area contributed by atoms with Crippen LogP contribution < -0.4 is 15.5 Å². The van der Waals surface area contributed by atoms with Crippen LogP contribution in [0.1, 0.15) is 18.4 Å². The molecule has 0 aromatic heterocycles. The Labute approximate surface area is 180 Å². The van der Waals surface area contributed by atoms with Crippen LogP contribution in [0.4, 0.5) is 10.5 Å². The van der Waals surface area contributed by atoms with Crippen molar-refractivity contribution in [2.75, 3.05) is 11.9 Å². The van der Waals surface area contributed by atoms with E-state index in [0.29, 0.717) is 17.9 Å². The SMILES string of the molecule is O=C(O)COc1ccccc1C[C@H]1[C@@H](C=NNC(=O)Nc2ccccc2)[C@H]2CC[C@@H]1O2. The Morgan fingerprint density at radius 3 is 2.65 bits per heavy atom. The molecule has 162 valence electrons. The van der Waals surface area contributed by atoms with Crippen molar-refractivity contribution in [3.05, 3.63) is 60.2 Å². The number of nitrogens with one attached hydrogen (secondary N) is 2. The fraction of sp³-hybridized carbons (Fsp3) is 0.348. The first-order chi connectivity index (χ1) is 15.1. The van der Waals surface area contributed by atoms with Gasteiger partial charge in [-0.3, -0.25) is 0 Å². The van der Waals surface area contributed by atoms with Crippen LogP contribution in [0, 0.1) is 11.8 Å². The van der Waals surface area contributed by atoms with Gasteiger partial charge in [0.15, 0.2) is 6.61 Å². The molecule has 2 fully saturated rings. The molecule has 2 aromatic rings. The van der Waals surface area contributed by atoms with E-state index < -0.39 is 12.0 Å². The molecule has 0 radical (unpaired) electrons. The van der Waals surface area contributed by atoms with E-state index in [-0.39, 0.29) is 30.7 Å². The number of urea groups is 1. The number of nitrogens with zero attached hydrogens (tertiary/aromatic N) is 1. The van der Waals surface area contributed by atoms with E-state index in [0.717, 1.165) is 18.4 Å². The predicted octanol–water partition coefficient (Wildman–Crippen LogP) is 3.29. The summed E-state index contributed by atoms with van der Waals surface area (Å²) in [5.41, 5.74) is 4.15. The van der Waals surface area contributed by atoms with Crippen LogP contribution >= 0.6 is 0 Å². The van der Waals surface area contributed by atoms with Crippen molar-refractivity contribution < 1.29 is 24.2 Å². The van der Waals surface area contributed by atoms with E-state index >= 15 is 0 Å². The summed E-state index contributed by atoms with van der Waals surface area (Å²) in [6.45, 7) is -0.379. The van der Waals surface area contributed by atoms with E-state index in [4.69, 9.17) is 14.6 Å². The van der Waals surface area contributed by atoms with Gasteiger partial charge in [-0.05, 0) is 48.9 Å². The summed E-state index contributed by atoms with van der Waals surface area (Å²) < 4.78 is 11.6. The monoisotopic (exact) mass is 423 g/mol. The molecule has 4 atom stereocenters. The van der Waals surface area contributed by atoms with Crippen LogP contribution in [0.2, 0.25) is 0 Å². The number of amides is 2. The molecule has 8 nitrogen and oxygen atoms in total. The van der Waals surface area contributed by atoms with Gasteiger partial charge in [0.05, 0.1) is 12.2 Å². The normalized spacial score (nSPS) is 24.3. The Balaban J connectivity index is 1.39. The number of carbonyl (C=O) groups excluding carboxylic acids is 1. The van der Waals surface area contributed by atoms with Crippen LogP contribution in [0.5, 0.6) is 5.75 Å². The van der Waals surface area contributed by atoms with E-state index in [9.17, 15) is 9.59 Å². The van der Waals surface area contributed by atoms with Gasteiger partial charge in [0.2, 0.25) is 0 Å². The lowest BCUT2D eigenvalue weighted by Gasteiger charge is -2.25. The van der Waals surface area contributed by atoms with E-state index in [1.54, 1.807) is 24.4 Å². The number of fused-ring (bicyclic) bond motifs is 2. The number of ether oxygens (including phenoxy) is 2. The van der Waals surface area contributed by atoms with Crippen molar-refractivity contribution in [1.29, 1.82) is 0 Å². The highest BCUT2D eigenvalue weighted by molar-refractivity contribution is 5.89. The summed E-state index contributed by atoms with van der Waals surface area (Å²) in [4.78, 5) is 22.9. The second-order valence-electron chi connectivity index (χ2n) is 7.74. The van der Waals surface area contributed by atoms with Crippen molar-refractivity contribution in [3.8, 4) is 5.75 Å². The standard InChI is InChI=1S/C23H25N3O5/c27-22(28)14-30-19-9-5-4-6-15(19)12-17-18(21-11-10-20(17)31-21)13-24-26-23(29)25-16-7-2-1-3-8-16/h1-9,13,17-18,20-21H,10-12,14H2,(H,27,28)(H2,25,26,29)/t17-,18+,20-,21+/m0/s1. The second-order valence-corrected chi connectivity index (χ2v) is 7.74. The number of aliphatic carboxylic acids is 1. The number of hydrogen-bond acceptors (Lipinski definition) is 5. The first-order valence-electron chi connectivity index (χ1n) is 10.3. The summed E-state index contributed by atoms with van der Waals surface area (Å²) in [7, 11) is 0. The molecule has 0 aliphatic carbocycles. The number of carboxylic acids is 1. The second kappa shape index (κ2) is 9.61. The number of benzene rings is 2. The minimum Gasteiger partial charge on any atom is -0.482 e. The molecular weight excluding hydrogens is 398 g/mol. The zero-order valence-corrected chi connectivity index (χ0v) is 16.9. The predicted molar refractivity (Wildman–Crippen MR) is 115 cm³/mol. The number of rotatable bonds is 8. The van der Waals surface area contributed by atoms with E-state index in [1.165, 1.54) is 0 Å². The largest absolute Gasteiger partial charge is 0.482 e. The maximum atomic E-state index is 12.1. The Morgan fingerprint density at radius 1 is 1.10 bits per heavy atom. The first kappa shape index (κ1) is 20.9. The molecule has 0 saturated carbocycles. The van der Waals surface area contributed by atoms with Gasteiger partial charge in [0.25, 0.3) is 0 Å². The molecule has 3 N–H and O–H groups in total. The lowest BCUT2D eigenvalue weighted by molar-refractivity contribution is -0.139. The van der Waals surface area contributed by atoms with E-state index in [1.807, 2.05) is 36.4 Å². The zero-order valence-electron chi connectivity index (χ0n) is 16.9. The van der Waals surface area contributed by atoms with Crippen LogP contribution in [0.15, 0.2) is 59.7 Å². The fourth-order valence-corrected chi connectivity index (χ4v) is 4.35. The highest BCUT2D eigenvalue weighted by atomic mass is 16.5.